The second-order valence-electron chi connectivity index (χ2n) is 9.21. The van der Waals surface area contributed by atoms with E-state index in [1.807, 2.05) is 17.0 Å². The maximum atomic E-state index is 13.1. The first-order chi connectivity index (χ1) is 13.5. The van der Waals surface area contributed by atoms with Crippen molar-refractivity contribution in [2.75, 3.05) is 26.2 Å². The lowest BCUT2D eigenvalue weighted by Gasteiger charge is -2.35. The highest BCUT2D eigenvalue weighted by Crippen LogP contribution is 2.49. The zero-order valence-corrected chi connectivity index (χ0v) is 17.3. The molecule has 1 amide bonds. The highest BCUT2D eigenvalue weighted by Gasteiger charge is 2.41. The average molecular weight is 403 g/mol. The van der Waals surface area contributed by atoms with Crippen molar-refractivity contribution in [3.63, 3.8) is 0 Å². The van der Waals surface area contributed by atoms with Gasteiger partial charge < -0.3 is 4.90 Å². The highest BCUT2D eigenvalue weighted by atomic mass is 32.2. The number of sulfonamides is 1. The molecule has 0 radical (unpaired) electrons. The molecule has 1 aromatic carbocycles. The third kappa shape index (κ3) is 3.28. The zero-order valence-electron chi connectivity index (χ0n) is 16.5. The standard InChI is InChI=1S/C22H30N2O3S/c25-22(15-20-13-16-4-5-19(20)12-16)23-8-10-24(11-9-23)28(26,27)21-7-6-17-2-1-3-18(17)14-21/h6-7,14,16,19-20H,1-5,8-13,15H2. The number of hydrogen-bond donors (Lipinski definition) is 0. The molecular weight excluding hydrogens is 372 g/mol. The van der Waals surface area contributed by atoms with Crippen molar-refractivity contribution in [1.29, 1.82) is 0 Å². The molecule has 28 heavy (non-hydrogen) atoms. The predicted octanol–water partition coefficient (Wildman–Crippen LogP) is 2.83. The van der Waals surface area contributed by atoms with Crippen molar-refractivity contribution >= 4 is 15.9 Å². The minimum absolute atomic E-state index is 0.229. The lowest BCUT2D eigenvalue weighted by molar-refractivity contribution is -0.133. The van der Waals surface area contributed by atoms with E-state index >= 15 is 0 Å². The molecule has 3 unspecified atom stereocenters. The summed E-state index contributed by atoms with van der Waals surface area (Å²) < 4.78 is 27.7. The van der Waals surface area contributed by atoms with Crippen LogP contribution >= 0.6 is 0 Å². The summed E-state index contributed by atoms with van der Waals surface area (Å²) in [5, 5.41) is 0. The summed E-state index contributed by atoms with van der Waals surface area (Å²) in [4.78, 5) is 15.0. The van der Waals surface area contributed by atoms with E-state index in [1.54, 1.807) is 10.4 Å². The number of nitrogens with zero attached hydrogens (tertiary/aromatic N) is 2. The SMILES string of the molecule is O=C(CC1CC2CCC1C2)N1CCN(S(=O)(=O)c2ccc3c(c2)CCC3)CC1. The molecule has 2 saturated carbocycles. The van der Waals surface area contributed by atoms with E-state index in [1.165, 1.54) is 36.8 Å². The van der Waals surface area contributed by atoms with Crippen molar-refractivity contribution in [2.24, 2.45) is 17.8 Å². The Morgan fingerprint density at radius 2 is 1.79 bits per heavy atom. The van der Waals surface area contributed by atoms with E-state index < -0.39 is 10.0 Å². The molecule has 1 aliphatic heterocycles. The number of rotatable bonds is 4. The van der Waals surface area contributed by atoms with E-state index in [0.717, 1.165) is 31.1 Å². The fourth-order valence-electron chi connectivity index (χ4n) is 6.02. The Kier molecular flexibility index (Phi) is 4.74. The van der Waals surface area contributed by atoms with Crippen molar-refractivity contribution < 1.29 is 13.2 Å². The van der Waals surface area contributed by atoms with Gasteiger partial charge in [0.2, 0.25) is 15.9 Å². The molecule has 0 spiro atoms. The zero-order chi connectivity index (χ0) is 19.3. The molecule has 152 valence electrons. The number of piperazine rings is 1. The van der Waals surface area contributed by atoms with Gasteiger partial charge >= 0.3 is 0 Å². The third-order valence-corrected chi connectivity index (χ3v) is 9.52. The van der Waals surface area contributed by atoms with Crippen molar-refractivity contribution in [3.8, 4) is 0 Å². The molecule has 0 N–H and O–H groups in total. The van der Waals surface area contributed by atoms with E-state index in [2.05, 4.69) is 0 Å². The predicted molar refractivity (Wildman–Crippen MR) is 107 cm³/mol. The van der Waals surface area contributed by atoms with E-state index in [0.29, 0.717) is 43.4 Å². The molecule has 1 aromatic rings. The Morgan fingerprint density at radius 1 is 1.00 bits per heavy atom. The minimum Gasteiger partial charge on any atom is -0.340 e. The molecule has 1 saturated heterocycles. The Balaban J connectivity index is 1.20. The normalized spacial score (nSPS) is 30.0. The summed E-state index contributed by atoms with van der Waals surface area (Å²) in [5.41, 5.74) is 2.47. The molecule has 3 aliphatic carbocycles. The van der Waals surface area contributed by atoms with Crippen LogP contribution in [-0.4, -0.2) is 49.7 Å². The lowest BCUT2D eigenvalue weighted by Crippen LogP contribution is -2.50. The number of fused-ring (bicyclic) bond motifs is 3. The average Bonchev–Trinajstić information content (AvgIpc) is 3.44. The number of amides is 1. The number of carbonyl (C=O) groups excluding carboxylic acids is 1. The maximum absolute atomic E-state index is 13.1. The lowest BCUT2D eigenvalue weighted by atomic mass is 9.86. The van der Waals surface area contributed by atoms with Gasteiger partial charge in [0.1, 0.15) is 0 Å². The molecule has 3 atom stereocenters. The fraction of sp³-hybridized carbons (Fsp3) is 0.682. The molecule has 4 aliphatic rings. The maximum Gasteiger partial charge on any atom is 0.243 e. The Labute approximate surface area is 168 Å². The Morgan fingerprint density at radius 3 is 2.50 bits per heavy atom. The van der Waals surface area contributed by atoms with Crippen LogP contribution in [0, 0.1) is 17.8 Å². The first-order valence-corrected chi connectivity index (χ1v) is 12.3. The van der Waals surface area contributed by atoms with Crippen LogP contribution in [0.25, 0.3) is 0 Å². The van der Waals surface area contributed by atoms with Crippen LogP contribution < -0.4 is 0 Å². The molecule has 0 aromatic heterocycles. The monoisotopic (exact) mass is 402 g/mol. The summed E-state index contributed by atoms with van der Waals surface area (Å²) in [5.74, 6) is 2.42. The second-order valence-corrected chi connectivity index (χ2v) is 11.1. The summed E-state index contributed by atoms with van der Waals surface area (Å²) in [6.45, 7) is 1.84. The summed E-state index contributed by atoms with van der Waals surface area (Å²) in [7, 11) is -3.47. The van der Waals surface area contributed by atoms with Crippen molar-refractivity contribution in [2.45, 2.75) is 56.3 Å². The first-order valence-electron chi connectivity index (χ1n) is 10.9. The molecular formula is C22H30N2O3S. The number of carbonyl (C=O) groups is 1. The minimum atomic E-state index is -3.47. The van der Waals surface area contributed by atoms with E-state index in [9.17, 15) is 13.2 Å². The van der Waals surface area contributed by atoms with Crippen LogP contribution in [0.1, 0.15) is 49.7 Å². The van der Waals surface area contributed by atoms with Crippen LogP contribution in [0.3, 0.4) is 0 Å². The smallest absolute Gasteiger partial charge is 0.243 e. The van der Waals surface area contributed by atoms with Gasteiger partial charge in [-0.2, -0.15) is 4.31 Å². The highest BCUT2D eigenvalue weighted by molar-refractivity contribution is 7.89. The first kappa shape index (κ1) is 18.6. The van der Waals surface area contributed by atoms with Gasteiger partial charge in [-0.15, -0.1) is 0 Å². The number of hydrogen-bond acceptors (Lipinski definition) is 3. The van der Waals surface area contributed by atoms with Crippen LogP contribution in [0.4, 0.5) is 0 Å². The van der Waals surface area contributed by atoms with Gasteiger partial charge in [-0.1, -0.05) is 12.5 Å². The van der Waals surface area contributed by atoms with E-state index in [4.69, 9.17) is 0 Å². The fourth-order valence-corrected chi connectivity index (χ4v) is 7.49. The Bertz CT molecular complexity index is 874. The summed E-state index contributed by atoms with van der Waals surface area (Å²) in [6, 6.07) is 5.60. The molecule has 2 bridgehead atoms. The molecule has 1 heterocycles. The van der Waals surface area contributed by atoms with Gasteiger partial charge in [0.25, 0.3) is 0 Å². The summed E-state index contributed by atoms with van der Waals surface area (Å²) >= 11 is 0. The second kappa shape index (κ2) is 7.13. The van der Waals surface area contributed by atoms with Gasteiger partial charge in [0.05, 0.1) is 4.90 Å². The molecule has 6 heteroatoms. The van der Waals surface area contributed by atoms with Gasteiger partial charge in [-0.05, 0) is 79.5 Å². The van der Waals surface area contributed by atoms with Crippen LogP contribution in [0.15, 0.2) is 23.1 Å². The quantitative estimate of drug-likeness (QED) is 0.778. The van der Waals surface area contributed by atoms with Crippen molar-refractivity contribution in [1.82, 2.24) is 9.21 Å². The largest absolute Gasteiger partial charge is 0.340 e. The van der Waals surface area contributed by atoms with Gasteiger partial charge in [-0.25, -0.2) is 8.42 Å². The van der Waals surface area contributed by atoms with Crippen LogP contribution in [0.2, 0.25) is 0 Å². The number of benzene rings is 1. The molecule has 5 nitrogen and oxygen atoms in total. The van der Waals surface area contributed by atoms with Gasteiger partial charge in [0, 0.05) is 32.6 Å². The van der Waals surface area contributed by atoms with Crippen molar-refractivity contribution in [3.05, 3.63) is 29.3 Å². The number of aryl methyl sites for hydroxylation is 2. The third-order valence-electron chi connectivity index (χ3n) is 7.62. The summed E-state index contributed by atoms with van der Waals surface area (Å²) in [6.07, 6.45) is 9.02. The van der Waals surface area contributed by atoms with Gasteiger partial charge in [0.15, 0.2) is 0 Å². The Hall–Kier alpha value is -1.40. The topological polar surface area (TPSA) is 57.7 Å². The van der Waals surface area contributed by atoms with Crippen LogP contribution in [-0.2, 0) is 27.7 Å². The van der Waals surface area contributed by atoms with Crippen LogP contribution in [0.5, 0.6) is 0 Å². The molecule has 5 rings (SSSR count). The van der Waals surface area contributed by atoms with E-state index in [-0.39, 0.29) is 5.91 Å². The molecule has 3 fully saturated rings. The van der Waals surface area contributed by atoms with Gasteiger partial charge in [-0.3, -0.25) is 4.79 Å².